The summed E-state index contributed by atoms with van der Waals surface area (Å²) in [6, 6.07) is 15.8. The first-order chi connectivity index (χ1) is 28.7. The number of nitrogens with zero attached hydrogens (tertiary/aromatic N) is 4. The van der Waals surface area contributed by atoms with Gasteiger partial charge >= 0.3 is 12.0 Å². The minimum Gasteiger partial charge on any atom is -0.461 e. The van der Waals surface area contributed by atoms with Crippen molar-refractivity contribution in [2.45, 2.75) is 109 Å². The number of carbonyl (C=O) groups excluding carboxylic acids is 7. The Labute approximate surface area is 352 Å². The second-order valence-electron chi connectivity index (χ2n) is 15.7. The summed E-state index contributed by atoms with van der Waals surface area (Å²) >= 11 is 0. The molecule has 60 heavy (non-hydrogen) atoms. The quantitative estimate of drug-likeness (QED) is 0.165. The van der Waals surface area contributed by atoms with Gasteiger partial charge < -0.3 is 45.3 Å². The van der Waals surface area contributed by atoms with E-state index >= 15 is 0 Å². The highest BCUT2D eigenvalue weighted by molar-refractivity contribution is 5.95. The Morgan fingerprint density at radius 3 is 2.18 bits per heavy atom. The zero-order chi connectivity index (χ0) is 43.8. The number of rotatable bonds is 11. The summed E-state index contributed by atoms with van der Waals surface area (Å²) in [7, 11) is 3.46. The van der Waals surface area contributed by atoms with Crippen LogP contribution >= 0.6 is 0 Å². The molecule has 3 saturated heterocycles. The van der Waals surface area contributed by atoms with Gasteiger partial charge in [-0.25, -0.2) is 9.59 Å². The molecule has 0 saturated carbocycles. The van der Waals surface area contributed by atoms with Crippen molar-refractivity contribution in [2.24, 2.45) is 7.05 Å². The lowest BCUT2D eigenvalue weighted by Gasteiger charge is -2.38. The zero-order valence-electron chi connectivity index (χ0n) is 35.8. The van der Waals surface area contributed by atoms with Crippen LogP contribution in [0.3, 0.4) is 0 Å². The van der Waals surface area contributed by atoms with Gasteiger partial charge in [0.05, 0.1) is 13.0 Å². The molecule has 326 valence electrons. The standard InChI is InChI=1S/C24H38N4O6.C13H16N4O2.C7H8/c1-16(2)25-22(31)18-8-4-5-12-28(18)23(32)19-9-7-13-27(19)21(30)14-17(3)34-24(33)20-10-6-11-26(20)15-29;1-14-12(18)8-15-13(19)16-10-4-3-9-5-6-17(2)11(9)7-10;1-7-5-3-2-4-6-7/h15-20H,4-14H2,1-3H3,(H,25,31);3-7H,8H2,1-2H3,(H,14,18)(H2,15,16,19);2-6H,1H3. The number of hydrogen-bond acceptors (Lipinski definition) is 8. The minimum atomic E-state index is -0.662. The van der Waals surface area contributed by atoms with E-state index in [0.29, 0.717) is 57.4 Å². The van der Waals surface area contributed by atoms with Crippen LogP contribution in [-0.4, -0.2) is 125 Å². The third-order valence-corrected chi connectivity index (χ3v) is 10.6. The van der Waals surface area contributed by atoms with Gasteiger partial charge in [0, 0.05) is 57.2 Å². The molecular formula is C44H62N8O8. The van der Waals surface area contributed by atoms with E-state index in [2.05, 4.69) is 40.3 Å². The molecule has 0 radical (unpaired) electrons. The Hall–Kier alpha value is -5.93. The summed E-state index contributed by atoms with van der Waals surface area (Å²) in [5.41, 5.74) is 3.04. The fraction of sp³-hybridized carbons (Fsp3) is 0.523. The highest BCUT2D eigenvalue weighted by Gasteiger charge is 2.41. The maximum absolute atomic E-state index is 13.5. The third-order valence-electron chi connectivity index (χ3n) is 10.6. The Bertz CT molecular complexity index is 1930. The number of hydrogen-bond donors (Lipinski definition) is 4. The van der Waals surface area contributed by atoms with Crippen molar-refractivity contribution in [3.8, 4) is 0 Å². The first kappa shape index (κ1) is 46.8. The molecule has 4 unspecified atom stereocenters. The Kier molecular flexibility index (Phi) is 17.9. The predicted octanol–water partition coefficient (Wildman–Crippen LogP) is 3.87. The van der Waals surface area contributed by atoms with E-state index in [0.717, 1.165) is 30.2 Å². The molecule has 3 fully saturated rings. The van der Waals surface area contributed by atoms with E-state index in [9.17, 15) is 33.6 Å². The van der Waals surface area contributed by atoms with Crippen LogP contribution in [0.2, 0.25) is 0 Å². The topological polar surface area (TPSA) is 191 Å². The number of urea groups is 1. The number of ether oxygens (including phenoxy) is 1. The van der Waals surface area contributed by atoms with Gasteiger partial charge in [-0.15, -0.1) is 0 Å². The molecule has 4 heterocycles. The number of likely N-dealkylation sites (N-methyl/N-ethyl adjacent to an activating group) is 1. The van der Waals surface area contributed by atoms with E-state index in [-0.39, 0.29) is 42.6 Å². The summed E-state index contributed by atoms with van der Waals surface area (Å²) in [6.07, 6.45) is 6.85. The number of anilines is 1. The van der Waals surface area contributed by atoms with E-state index in [1.165, 1.54) is 17.5 Å². The second-order valence-corrected chi connectivity index (χ2v) is 15.7. The fourth-order valence-corrected chi connectivity index (χ4v) is 7.51. The molecule has 0 aliphatic carbocycles. The van der Waals surface area contributed by atoms with Crippen LogP contribution in [0.15, 0.2) is 60.8 Å². The van der Waals surface area contributed by atoms with Gasteiger partial charge in [-0.1, -0.05) is 42.0 Å². The van der Waals surface area contributed by atoms with Gasteiger partial charge in [0.25, 0.3) is 0 Å². The number of benzene rings is 2. The average molecular weight is 831 g/mol. The lowest BCUT2D eigenvalue weighted by molar-refractivity contribution is -0.158. The lowest BCUT2D eigenvalue weighted by Crippen LogP contribution is -2.57. The monoisotopic (exact) mass is 830 g/mol. The average Bonchev–Trinajstić information content (AvgIpc) is 4.01. The maximum Gasteiger partial charge on any atom is 0.329 e. The lowest BCUT2D eigenvalue weighted by atomic mass is 9.99. The first-order valence-corrected chi connectivity index (χ1v) is 20.9. The van der Waals surface area contributed by atoms with Crippen LogP contribution in [0.25, 0.3) is 10.9 Å². The molecule has 0 spiro atoms. The summed E-state index contributed by atoms with van der Waals surface area (Å²) in [5.74, 6) is -1.29. The van der Waals surface area contributed by atoms with Crippen molar-refractivity contribution in [3.63, 3.8) is 0 Å². The molecule has 0 bridgehead atoms. The van der Waals surface area contributed by atoms with Gasteiger partial charge in [0.2, 0.25) is 30.0 Å². The van der Waals surface area contributed by atoms with Crippen molar-refractivity contribution in [2.75, 3.05) is 38.5 Å². The van der Waals surface area contributed by atoms with Crippen molar-refractivity contribution in [3.05, 3.63) is 66.4 Å². The molecule has 7 amide bonds. The molecule has 4 atom stereocenters. The Morgan fingerprint density at radius 1 is 0.833 bits per heavy atom. The summed E-state index contributed by atoms with van der Waals surface area (Å²) in [4.78, 5) is 90.0. The van der Waals surface area contributed by atoms with Crippen molar-refractivity contribution in [1.29, 1.82) is 0 Å². The van der Waals surface area contributed by atoms with Crippen molar-refractivity contribution >= 4 is 58.6 Å². The summed E-state index contributed by atoms with van der Waals surface area (Å²) < 4.78 is 7.43. The van der Waals surface area contributed by atoms with Crippen LogP contribution in [0, 0.1) is 6.92 Å². The summed E-state index contributed by atoms with van der Waals surface area (Å²) in [5, 5.41) is 11.6. The van der Waals surface area contributed by atoms with Crippen LogP contribution in [0.5, 0.6) is 0 Å². The molecule has 3 aromatic rings. The van der Waals surface area contributed by atoms with E-state index in [1.54, 1.807) is 16.7 Å². The first-order valence-electron chi connectivity index (χ1n) is 20.9. The normalized spacial score (nSPS) is 18.9. The number of aryl methyl sites for hydroxylation is 2. The predicted molar refractivity (Wildman–Crippen MR) is 229 cm³/mol. The SMILES string of the molecule is CC(C)NC(=O)C1CCCCN1C(=O)C1CCCN1C(=O)CC(C)OC(=O)C1CCCN1C=O.CNC(=O)CNC(=O)Nc1ccc2ccn(C)c2c1.Cc1ccccc1. The summed E-state index contributed by atoms with van der Waals surface area (Å²) in [6.45, 7) is 8.97. The molecule has 16 heteroatoms. The molecule has 4 N–H and O–H groups in total. The van der Waals surface area contributed by atoms with Crippen molar-refractivity contribution in [1.82, 2.24) is 35.2 Å². The molecule has 16 nitrogen and oxygen atoms in total. The number of carbonyl (C=O) groups is 7. The molecule has 1 aromatic heterocycles. The van der Waals surface area contributed by atoms with E-state index < -0.39 is 36.2 Å². The van der Waals surface area contributed by atoms with Crippen LogP contribution in [0.1, 0.15) is 77.7 Å². The van der Waals surface area contributed by atoms with Gasteiger partial charge in [-0.05, 0) is 96.2 Å². The number of esters is 1. The molecular weight excluding hydrogens is 769 g/mol. The van der Waals surface area contributed by atoms with Crippen molar-refractivity contribution < 1.29 is 38.3 Å². The highest BCUT2D eigenvalue weighted by atomic mass is 16.5. The van der Waals surface area contributed by atoms with Gasteiger partial charge in [-0.3, -0.25) is 24.0 Å². The molecule has 6 rings (SSSR count). The number of amides is 7. The van der Waals surface area contributed by atoms with Crippen LogP contribution in [0.4, 0.5) is 10.5 Å². The number of aromatic nitrogens is 1. The van der Waals surface area contributed by atoms with Gasteiger partial charge in [0.15, 0.2) is 0 Å². The number of likely N-dealkylation sites (tertiary alicyclic amines) is 3. The van der Waals surface area contributed by atoms with E-state index in [4.69, 9.17) is 4.74 Å². The zero-order valence-corrected chi connectivity index (χ0v) is 35.8. The maximum atomic E-state index is 13.5. The molecule has 3 aliphatic heterocycles. The third kappa shape index (κ3) is 13.6. The van der Waals surface area contributed by atoms with Gasteiger partial charge in [0.1, 0.15) is 24.2 Å². The number of fused-ring (bicyclic) bond motifs is 1. The Balaban J connectivity index is 0.000000253. The largest absolute Gasteiger partial charge is 0.461 e. The van der Waals surface area contributed by atoms with Crippen LogP contribution in [-0.2, 0) is 40.6 Å². The molecule has 3 aliphatic rings. The van der Waals surface area contributed by atoms with Crippen LogP contribution < -0.4 is 21.3 Å². The minimum absolute atomic E-state index is 0.0111. The smallest absolute Gasteiger partial charge is 0.329 e. The fourth-order valence-electron chi connectivity index (χ4n) is 7.51. The second kappa shape index (κ2) is 23.0. The Morgan fingerprint density at radius 2 is 1.52 bits per heavy atom. The highest BCUT2D eigenvalue weighted by Crippen LogP contribution is 2.26. The number of piperidine rings is 1. The van der Waals surface area contributed by atoms with Gasteiger partial charge in [-0.2, -0.15) is 0 Å². The molecule has 2 aromatic carbocycles. The number of nitrogens with one attached hydrogen (secondary N) is 4. The van der Waals surface area contributed by atoms with E-state index in [1.807, 2.05) is 74.1 Å².